The van der Waals surface area contributed by atoms with E-state index in [0.29, 0.717) is 41.5 Å². The molecule has 0 spiro atoms. The number of amides is 1. The first-order chi connectivity index (χ1) is 18.2. The number of allylic oxidation sites excluding steroid dienone is 1. The molecule has 10 nitrogen and oxygen atoms in total. The Hall–Kier alpha value is -4.70. The fraction of sp³-hybridized carbons (Fsp3) is 0.214. The first-order valence-corrected chi connectivity index (χ1v) is 11.9. The van der Waals surface area contributed by atoms with Gasteiger partial charge in [-0.3, -0.25) is 4.79 Å². The van der Waals surface area contributed by atoms with E-state index in [9.17, 15) is 24.9 Å². The van der Waals surface area contributed by atoms with Crippen molar-refractivity contribution in [3.8, 4) is 34.5 Å². The van der Waals surface area contributed by atoms with E-state index < -0.39 is 23.3 Å². The molecular formula is C28H28N2O8. The van der Waals surface area contributed by atoms with Gasteiger partial charge in [0.05, 0.1) is 12.2 Å². The van der Waals surface area contributed by atoms with Crippen molar-refractivity contribution in [2.24, 2.45) is 0 Å². The predicted octanol–water partition coefficient (Wildman–Crippen LogP) is 4.04. The number of hydrogen-bond donors (Lipinski definition) is 4. The number of ether oxygens (including phenoxy) is 3. The summed E-state index contributed by atoms with van der Waals surface area (Å²) < 4.78 is 16.7. The molecular weight excluding hydrogens is 492 g/mol. The molecule has 1 amide bonds. The second-order valence-electron chi connectivity index (χ2n) is 8.73. The van der Waals surface area contributed by atoms with Crippen molar-refractivity contribution in [2.75, 3.05) is 27.2 Å². The van der Waals surface area contributed by atoms with Crippen LogP contribution in [0, 0.1) is 0 Å². The van der Waals surface area contributed by atoms with Crippen LogP contribution in [-0.2, 0) is 6.54 Å². The van der Waals surface area contributed by atoms with E-state index in [4.69, 9.17) is 14.2 Å². The van der Waals surface area contributed by atoms with Crippen molar-refractivity contribution < 1.29 is 39.1 Å². The Morgan fingerprint density at radius 3 is 2.55 bits per heavy atom. The Bertz CT molecular complexity index is 1360. The second kappa shape index (κ2) is 11.6. The highest BCUT2D eigenvalue weighted by molar-refractivity contribution is 6.14. The van der Waals surface area contributed by atoms with Gasteiger partial charge in [-0.1, -0.05) is 12.1 Å². The van der Waals surface area contributed by atoms with Crippen LogP contribution in [0.5, 0.6) is 34.5 Å². The van der Waals surface area contributed by atoms with E-state index in [0.717, 1.165) is 18.5 Å². The zero-order valence-corrected chi connectivity index (χ0v) is 20.9. The third kappa shape index (κ3) is 6.34. The number of nitrogens with zero attached hydrogens (tertiary/aromatic N) is 1. The molecule has 1 heterocycles. The lowest BCUT2D eigenvalue weighted by molar-refractivity contribution is 0.101. The molecule has 38 heavy (non-hydrogen) atoms. The van der Waals surface area contributed by atoms with Crippen LogP contribution in [0.3, 0.4) is 0 Å². The summed E-state index contributed by atoms with van der Waals surface area (Å²) in [5.41, 5.74) is 1.68. The van der Waals surface area contributed by atoms with E-state index in [-0.39, 0.29) is 11.5 Å². The number of benzene rings is 3. The first kappa shape index (κ1) is 26.4. The van der Waals surface area contributed by atoms with Crippen LogP contribution in [0.4, 0.5) is 4.79 Å². The van der Waals surface area contributed by atoms with E-state index in [2.05, 4.69) is 10.2 Å². The van der Waals surface area contributed by atoms with Gasteiger partial charge in [0.25, 0.3) is 0 Å². The third-order valence-corrected chi connectivity index (χ3v) is 5.75. The number of nitrogens with one attached hydrogen (secondary N) is 1. The van der Waals surface area contributed by atoms with Gasteiger partial charge >= 0.3 is 6.09 Å². The van der Waals surface area contributed by atoms with E-state index in [1.54, 1.807) is 24.3 Å². The monoisotopic (exact) mass is 520 g/mol. The minimum atomic E-state index is -0.635. The fourth-order valence-corrected chi connectivity index (χ4v) is 3.90. The Morgan fingerprint density at radius 2 is 1.82 bits per heavy atom. The molecule has 3 aromatic rings. The molecule has 0 atom stereocenters. The van der Waals surface area contributed by atoms with Crippen molar-refractivity contribution in [1.82, 2.24) is 10.2 Å². The number of rotatable bonds is 9. The summed E-state index contributed by atoms with van der Waals surface area (Å²) in [5, 5.41) is 31.3. The predicted molar refractivity (Wildman–Crippen MR) is 139 cm³/mol. The summed E-state index contributed by atoms with van der Waals surface area (Å²) >= 11 is 0. The van der Waals surface area contributed by atoms with Crippen molar-refractivity contribution in [2.45, 2.75) is 13.0 Å². The van der Waals surface area contributed by atoms with Crippen LogP contribution in [0.15, 0.2) is 60.4 Å². The number of fused-ring (bicyclic) bond motifs is 1. The van der Waals surface area contributed by atoms with Gasteiger partial charge in [0.2, 0.25) is 5.78 Å². The van der Waals surface area contributed by atoms with Crippen molar-refractivity contribution in [1.29, 1.82) is 0 Å². The molecule has 0 saturated heterocycles. The highest BCUT2D eigenvalue weighted by Crippen LogP contribution is 2.38. The van der Waals surface area contributed by atoms with Crippen LogP contribution in [-0.4, -0.2) is 59.3 Å². The first-order valence-electron chi connectivity index (χ1n) is 11.9. The minimum Gasteiger partial charge on any atom is -0.504 e. The Labute approximate surface area is 219 Å². The average molecular weight is 521 g/mol. The standard InChI is InChI=1S/C28H28N2O8/c1-29-28(35)37-20-6-3-5-17(11-20)16-30(2)9-4-10-36-19-7-8-21-24(15-19)38-25(26(21)33)14-18-12-22(31)27(34)23(32)13-18/h3,5-8,11-15,31-32,34H,4,9-10,16H2,1-2H3,(H,29,35)/b25-14-. The second-order valence-corrected chi connectivity index (χ2v) is 8.73. The SMILES string of the molecule is CNC(=O)Oc1cccc(CN(C)CCCOc2ccc3c(c2)O/C(=C\c2cc(O)c(O)c(O)c2)C3=O)c1. The average Bonchev–Trinajstić information content (AvgIpc) is 3.19. The number of ketones is 1. The summed E-state index contributed by atoms with van der Waals surface area (Å²) in [6.07, 6.45) is 1.61. The van der Waals surface area contributed by atoms with Crippen LogP contribution < -0.4 is 19.5 Å². The number of phenolic OH excluding ortho intramolecular Hbond substituents is 3. The van der Waals surface area contributed by atoms with Crippen LogP contribution in [0.2, 0.25) is 0 Å². The van der Waals surface area contributed by atoms with Crippen LogP contribution in [0.1, 0.15) is 27.9 Å². The fourth-order valence-electron chi connectivity index (χ4n) is 3.90. The molecule has 0 fully saturated rings. The number of Topliss-reactive ketones (excluding diaryl/α,β-unsaturated/α-hetero) is 1. The maximum Gasteiger partial charge on any atom is 0.412 e. The van der Waals surface area contributed by atoms with E-state index >= 15 is 0 Å². The molecule has 0 saturated carbocycles. The number of carbonyl (C=O) groups excluding carboxylic acids is 2. The van der Waals surface area contributed by atoms with Gasteiger partial charge in [0, 0.05) is 26.2 Å². The van der Waals surface area contributed by atoms with Gasteiger partial charge < -0.3 is 39.7 Å². The molecule has 3 aromatic carbocycles. The van der Waals surface area contributed by atoms with Crippen molar-refractivity contribution in [3.05, 3.63) is 77.0 Å². The largest absolute Gasteiger partial charge is 0.504 e. The number of aromatic hydroxyl groups is 3. The highest BCUT2D eigenvalue weighted by atomic mass is 16.6. The van der Waals surface area contributed by atoms with Gasteiger partial charge in [0.15, 0.2) is 23.0 Å². The molecule has 0 aromatic heterocycles. The summed E-state index contributed by atoms with van der Waals surface area (Å²) in [5.74, 6) is -0.592. The molecule has 10 heteroatoms. The summed E-state index contributed by atoms with van der Waals surface area (Å²) in [7, 11) is 3.49. The van der Waals surface area contributed by atoms with Crippen LogP contribution in [0.25, 0.3) is 6.08 Å². The molecule has 1 aliphatic heterocycles. The zero-order chi connectivity index (χ0) is 27.2. The molecule has 1 aliphatic rings. The molecule has 4 N–H and O–H groups in total. The quantitative estimate of drug-likeness (QED) is 0.187. The van der Waals surface area contributed by atoms with Gasteiger partial charge in [-0.15, -0.1) is 0 Å². The zero-order valence-electron chi connectivity index (χ0n) is 20.9. The van der Waals surface area contributed by atoms with Gasteiger partial charge in [-0.2, -0.15) is 0 Å². The van der Waals surface area contributed by atoms with Gasteiger partial charge in [0.1, 0.15) is 17.2 Å². The van der Waals surface area contributed by atoms with Crippen molar-refractivity contribution >= 4 is 18.0 Å². The van der Waals surface area contributed by atoms with Gasteiger partial charge in [-0.25, -0.2) is 4.79 Å². The van der Waals surface area contributed by atoms with E-state index in [1.165, 1.54) is 25.3 Å². The minimum absolute atomic E-state index is 0.0213. The lowest BCUT2D eigenvalue weighted by atomic mass is 10.1. The number of phenols is 3. The normalized spacial score (nSPS) is 13.3. The molecule has 198 valence electrons. The summed E-state index contributed by atoms with van der Waals surface area (Å²) in [4.78, 5) is 26.2. The Balaban J connectivity index is 1.28. The Kier molecular flexibility index (Phi) is 8.03. The maximum absolute atomic E-state index is 12.7. The van der Waals surface area contributed by atoms with Crippen LogP contribution >= 0.6 is 0 Å². The summed E-state index contributed by atoms with van der Waals surface area (Å²) in [6.45, 7) is 1.89. The summed E-state index contributed by atoms with van der Waals surface area (Å²) in [6, 6.07) is 14.7. The van der Waals surface area contributed by atoms with Gasteiger partial charge in [-0.05, 0) is 67.1 Å². The highest BCUT2D eigenvalue weighted by Gasteiger charge is 2.28. The van der Waals surface area contributed by atoms with Crippen molar-refractivity contribution in [3.63, 3.8) is 0 Å². The maximum atomic E-state index is 12.7. The number of hydrogen-bond acceptors (Lipinski definition) is 9. The molecule has 0 unspecified atom stereocenters. The lowest BCUT2D eigenvalue weighted by Crippen LogP contribution is -2.22. The smallest absolute Gasteiger partial charge is 0.412 e. The number of carbonyl (C=O) groups is 2. The molecule has 0 aliphatic carbocycles. The third-order valence-electron chi connectivity index (χ3n) is 5.75. The molecule has 0 radical (unpaired) electrons. The molecule has 0 bridgehead atoms. The Morgan fingerprint density at radius 1 is 1.05 bits per heavy atom. The van der Waals surface area contributed by atoms with E-state index in [1.807, 2.05) is 25.2 Å². The topological polar surface area (TPSA) is 138 Å². The molecule has 4 rings (SSSR count). The lowest BCUT2D eigenvalue weighted by Gasteiger charge is -2.17.